The van der Waals surface area contributed by atoms with Gasteiger partial charge in [0.25, 0.3) is 0 Å². The first kappa shape index (κ1) is 20.4. The molecule has 0 spiro atoms. The number of methoxy groups -OCH3 is 1. The van der Waals surface area contributed by atoms with Crippen molar-refractivity contribution in [1.29, 1.82) is 0 Å². The number of hydrogen-bond donors (Lipinski definition) is 1. The number of nitrogens with zero attached hydrogens (tertiary/aromatic N) is 1. The second kappa shape index (κ2) is 9.14. The van der Waals surface area contributed by atoms with E-state index < -0.39 is 16.0 Å². The fraction of sp³-hybridized carbons (Fsp3) is 0.556. The predicted octanol–water partition coefficient (Wildman–Crippen LogP) is 2.25. The fourth-order valence-electron chi connectivity index (χ4n) is 2.94. The van der Waals surface area contributed by atoms with Gasteiger partial charge in [-0.05, 0) is 37.5 Å². The lowest BCUT2D eigenvalue weighted by atomic mass is 9.97. The molecule has 1 aromatic rings. The van der Waals surface area contributed by atoms with Crippen molar-refractivity contribution in [3.63, 3.8) is 0 Å². The van der Waals surface area contributed by atoms with Crippen molar-refractivity contribution in [3.05, 3.63) is 29.8 Å². The summed E-state index contributed by atoms with van der Waals surface area (Å²) in [5.74, 6) is -0.695. The van der Waals surface area contributed by atoms with E-state index in [0.717, 1.165) is 6.42 Å². The minimum atomic E-state index is -3.22. The first-order chi connectivity index (χ1) is 12.4. The van der Waals surface area contributed by atoms with Crippen LogP contribution in [0.4, 0.5) is 5.69 Å². The van der Waals surface area contributed by atoms with Crippen molar-refractivity contribution in [1.82, 2.24) is 4.31 Å². The van der Waals surface area contributed by atoms with Gasteiger partial charge in [-0.2, -0.15) is 0 Å². The number of benzene rings is 1. The first-order valence-electron chi connectivity index (χ1n) is 8.84. The van der Waals surface area contributed by atoms with Gasteiger partial charge >= 0.3 is 5.97 Å². The van der Waals surface area contributed by atoms with Gasteiger partial charge in [-0.15, -0.1) is 0 Å². The van der Waals surface area contributed by atoms with E-state index >= 15 is 0 Å². The Morgan fingerprint density at radius 1 is 1.27 bits per heavy atom. The molecular weight excluding hydrogens is 356 g/mol. The van der Waals surface area contributed by atoms with Crippen LogP contribution in [0.25, 0.3) is 0 Å². The molecule has 144 valence electrons. The van der Waals surface area contributed by atoms with E-state index in [-0.39, 0.29) is 17.6 Å². The largest absolute Gasteiger partial charge is 0.465 e. The summed E-state index contributed by atoms with van der Waals surface area (Å²) in [7, 11) is -1.92. The number of nitrogens with one attached hydrogen (secondary N) is 1. The van der Waals surface area contributed by atoms with Crippen LogP contribution in [0.15, 0.2) is 24.3 Å². The van der Waals surface area contributed by atoms with Gasteiger partial charge in [-0.1, -0.05) is 19.4 Å². The number of ether oxygens (including phenoxy) is 1. The molecule has 1 aliphatic heterocycles. The number of unbranched alkanes of at least 4 members (excludes halogenated alkanes) is 1. The fourth-order valence-corrected chi connectivity index (χ4v) is 4.62. The normalized spacial score (nSPS) is 16.2. The summed E-state index contributed by atoms with van der Waals surface area (Å²) in [6.07, 6.45) is 2.48. The van der Waals surface area contributed by atoms with E-state index in [1.165, 1.54) is 11.4 Å². The zero-order valence-electron chi connectivity index (χ0n) is 15.2. The van der Waals surface area contributed by atoms with Gasteiger partial charge in [0.2, 0.25) is 15.9 Å². The zero-order chi connectivity index (χ0) is 19.2. The maximum Gasteiger partial charge on any atom is 0.337 e. The number of amides is 1. The number of piperidine rings is 1. The minimum absolute atomic E-state index is 0.155. The van der Waals surface area contributed by atoms with Crippen LogP contribution in [-0.4, -0.2) is 50.6 Å². The summed E-state index contributed by atoms with van der Waals surface area (Å²) in [5, 5.41) is 2.80. The van der Waals surface area contributed by atoms with Gasteiger partial charge in [0.05, 0.1) is 18.4 Å². The highest BCUT2D eigenvalue weighted by molar-refractivity contribution is 7.89. The Morgan fingerprint density at radius 3 is 2.58 bits per heavy atom. The number of carbonyl (C=O) groups is 2. The number of anilines is 1. The average Bonchev–Trinajstić information content (AvgIpc) is 2.66. The van der Waals surface area contributed by atoms with Gasteiger partial charge in [0.15, 0.2) is 0 Å². The third kappa shape index (κ3) is 5.28. The molecule has 1 heterocycles. The van der Waals surface area contributed by atoms with Crippen molar-refractivity contribution >= 4 is 27.6 Å². The van der Waals surface area contributed by atoms with Crippen LogP contribution in [0.3, 0.4) is 0 Å². The molecule has 2 rings (SSSR count). The maximum absolute atomic E-state index is 12.5. The molecule has 0 unspecified atom stereocenters. The Hall–Kier alpha value is -1.93. The van der Waals surface area contributed by atoms with E-state index in [1.807, 2.05) is 6.92 Å². The molecule has 1 fully saturated rings. The Kier molecular flexibility index (Phi) is 7.16. The summed E-state index contributed by atoms with van der Waals surface area (Å²) in [4.78, 5) is 24.0. The predicted molar refractivity (Wildman–Crippen MR) is 99.4 cm³/mol. The molecule has 8 heteroatoms. The Bertz CT molecular complexity index is 740. The minimum Gasteiger partial charge on any atom is -0.465 e. The van der Waals surface area contributed by atoms with Gasteiger partial charge < -0.3 is 10.1 Å². The monoisotopic (exact) mass is 382 g/mol. The standard InChI is InChI=1S/C18H26N2O5S/c1-3-4-12-26(23,24)20-10-8-14(9-11-20)17(21)19-16-7-5-6-15(13-16)18(22)25-2/h5-7,13-14H,3-4,8-12H2,1-2H3,(H,19,21). The number of hydrogen-bond acceptors (Lipinski definition) is 5. The van der Waals surface area contributed by atoms with Gasteiger partial charge in [-0.25, -0.2) is 17.5 Å². The SMILES string of the molecule is CCCCS(=O)(=O)N1CCC(C(=O)Nc2cccc(C(=O)OC)c2)CC1. The number of sulfonamides is 1. The molecule has 0 radical (unpaired) electrons. The van der Waals surface area contributed by atoms with Crippen LogP contribution >= 0.6 is 0 Å². The molecule has 0 aromatic heterocycles. The Labute approximate surface area is 154 Å². The van der Waals surface area contributed by atoms with Crippen LogP contribution in [-0.2, 0) is 19.6 Å². The number of rotatable bonds is 7. The average molecular weight is 382 g/mol. The molecule has 26 heavy (non-hydrogen) atoms. The summed E-state index contributed by atoms with van der Waals surface area (Å²) >= 11 is 0. The lowest BCUT2D eigenvalue weighted by molar-refractivity contribution is -0.120. The molecule has 0 bridgehead atoms. The van der Waals surface area contributed by atoms with E-state index in [0.29, 0.717) is 43.6 Å². The molecule has 0 saturated carbocycles. The Morgan fingerprint density at radius 2 is 1.96 bits per heavy atom. The maximum atomic E-state index is 12.5. The van der Waals surface area contributed by atoms with Gasteiger partial charge in [0.1, 0.15) is 0 Å². The zero-order valence-corrected chi connectivity index (χ0v) is 16.0. The van der Waals surface area contributed by atoms with E-state index in [1.54, 1.807) is 24.3 Å². The third-order valence-corrected chi connectivity index (χ3v) is 6.48. The molecule has 1 amide bonds. The molecule has 1 aromatic carbocycles. The second-order valence-electron chi connectivity index (χ2n) is 6.40. The molecule has 7 nitrogen and oxygen atoms in total. The highest BCUT2D eigenvalue weighted by Gasteiger charge is 2.30. The van der Waals surface area contributed by atoms with E-state index in [9.17, 15) is 18.0 Å². The van der Waals surface area contributed by atoms with E-state index in [2.05, 4.69) is 10.1 Å². The smallest absolute Gasteiger partial charge is 0.337 e. The molecule has 0 aliphatic carbocycles. The van der Waals surface area contributed by atoms with Crippen molar-refractivity contribution in [2.24, 2.45) is 5.92 Å². The summed E-state index contributed by atoms with van der Waals surface area (Å²) in [5.41, 5.74) is 0.887. The van der Waals surface area contributed by atoms with Crippen molar-refractivity contribution in [2.45, 2.75) is 32.6 Å². The molecular formula is C18H26N2O5S. The van der Waals surface area contributed by atoms with Crippen LogP contribution < -0.4 is 5.32 Å². The lowest BCUT2D eigenvalue weighted by Gasteiger charge is -2.30. The number of esters is 1. The van der Waals surface area contributed by atoms with E-state index in [4.69, 9.17) is 0 Å². The highest BCUT2D eigenvalue weighted by Crippen LogP contribution is 2.22. The molecule has 1 N–H and O–H groups in total. The van der Waals surface area contributed by atoms with Crippen LogP contribution in [0, 0.1) is 5.92 Å². The van der Waals surface area contributed by atoms with Crippen molar-refractivity contribution in [3.8, 4) is 0 Å². The molecule has 0 atom stereocenters. The summed E-state index contributed by atoms with van der Waals surface area (Å²) < 4.78 is 30.6. The van der Waals surface area contributed by atoms with Crippen molar-refractivity contribution < 1.29 is 22.7 Å². The van der Waals surface area contributed by atoms with Gasteiger partial charge in [-0.3, -0.25) is 4.79 Å². The Balaban J connectivity index is 1.92. The highest BCUT2D eigenvalue weighted by atomic mass is 32.2. The summed E-state index contributed by atoms with van der Waals surface area (Å²) in [6, 6.07) is 6.55. The van der Waals surface area contributed by atoms with Crippen LogP contribution in [0.5, 0.6) is 0 Å². The van der Waals surface area contributed by atoms with Crippen LogP contribution in [0.1, 0.15) is 43.0 Å². The van der Waals surface area contributed by atoms with Crippen molar-refractivity contribution in [2.75, 3.05) is 31.3 Å². The second-order valence-corrected chi connectivity index (χ2v) is 8.49. The quantitative estimate of drug-likeness (QED) is 0.730. The number of carbonyl (C=O) groups excluding carboxylic acids is 2. The third-order valence-electron chi connectivity index (χ3n) is 4.53. The molecule has 1 aliphatic rings. The summed E-state index contributed by atoms with van der Waals surface area (Å²) in [6.45, 7) is 2.69. The first-order valence-corrected chi connectivity index (χ1v) is 10.5. The van der Waals surface area contributed by atoms with Gasteiger partial charge in [0, 0.05) is 24.7 Å². The molecule has 1 saturated heterocycles. The lowest BCUT2D eigenvalue weighted by Crippen LogP contribution is -2.42. The topological polar surface area (TPSA) is 92.8 Å². The van der Waals surface area contributed by atoms with Crippen LogP contribution in [0.2, 0.25) is 0 Å².